The van der Waals surface area contributed by atoms with Crippen LogP contribution >= 0.6 is 22.6 Å². The van der Waals surface area contributed by atoms with Crippen molar-refractivity contribution >= 4 is 22.6 Å². The van der Waals surface area contributed by atoms with Crippen molar-refractivity contribution in [3.8, 4) is 11.8 Å². The highest BCUT2D eigenvalue weighted by Crippen LogP contribution is 2.10. The van der Waals surface area contributed by atoms with Crippen molar-refractivity contribution in [1.29, 1.82) is 5.26 Å². The number of aromatic amines is 1. The fourth-order valence-corrected chi connectivity index (χ4v) is 1.90. The third-order valence-electron chi connectivity index (χ3n) is 2.15. The van der Waals surface area contributed by atoms with E-state index < -0.39 is 11.2 Å². The number of benzene rings is 1. The number of halogens is 1. The molecule has 0 aliphatic heterocycles. The topological polar surface area (TPSA) is 78.7 Å². The zero-order chi connectivity index (χ0) is 12.4. The molecule has 0 bridgehead atoms. The van der Waals surface area contributed by atoms with E-state index in [0.29, 0.717) is 5.69 Å². The minimum atomic E-state index is -0.667. The summed E-state index contributed by atoms with van der Waals surface area (Å²) in [4.78, 5) is 24.9. The second kappa shape index (κ2) is 4.55. The van der Waals surface area contributed by atoms with Gasteiger partial charge in [-0.15, -0.1) is 0 Å². The van der Waals surface area contributed by atoms with Crippen LogP contribution in [0.3, 0.4) is 0 Å². The SMILES string of the molecule is N#Cc1cn(-c2cccc(I)c2)c(=O)[nH]c1=O. The van der Waals surface area contributed by atoms with Crippen molar-refractivity contribution in [3.63, 3.8) is 0 Å². The molecule has 1 aromatic carbocycles. The van der Waals surface area contributed by atoms with Crippen molar-refractivity contribution < 1.29 is 0 Å². The first-order valence-electron chi connectivity index (χ1n) is 4.64. The fraction of sp³-hybridized carbons (Fsp3) is 0. The number of rotatable bonds is 1. The van der Waals surface area contributed by atoms with Crippen molar-refractivity contribution in [1.82, 2.24) is 9.55 Å². The molecule has 1 aromatic heterocycles. The number of nitriles is 1. The lowest BCUT2D eigenvalue weighted by atomic mass is 10.3. The molecule has 0 saturated heterocycles. The summed E-state index contributed by atoms with van der Waals surface area (Å²) in [5.41, 5.74) is -0.714. The van der Waals surface area contributed by atoms with Crippen molar-refractivity contribution in [3.05, 3.63) is 60.4 Å². The Morgan fingerprint density at radius 1 is 1.35 bits per heavy atom. The average molecular weight is 339 g/mol. The molecule has 0 saturated carbocycles. The van der Waals surface area contributed by atoms with Gasteiger partial charge in [0.15, 0.2) is 0 Å². The van der Waals surface area contributed by atoms with Crippen LogP contribution in [0.25, 0.3) is 5.69 Å². The van der Waals surface area contributed by atoms with E-state index in [0.717, 1.165) is 3.57 Å². The molecule has 0 unspecified atom stereocenters. The summed E-state index contributed by atoms with van der Waals surface area (Å²) < 4.78 is 2.19. The maximum atomic E-state index is 11.6. The van der Waals surface area contributed by atoms with Crippen LogP contribution in [0.15, 0.2) is 40.1 Å². The number of nitrogens with one attached hydrogen (secondary N) is 1. The van der Waals surface area contributed by atoms with E-state index in [4.69, 9.17) is 5.26 Å². The summed E-state index contributed by atoms with van der Waals surface area (Å²) in [6, 6.07) is 8.92. The number of hydrogen-bond acceptors (Lipinski definition) is 3. The van der Waals surface area contributed by atoms with Crippen molar-refractivity contribution in [2.75, 3.05) is 0 Å². The average Bonchev–Trinajstić information content (AvgIpc) is 2.29. The third-order valence-corrected chi connectivity index (χ3v) is 2.82. The summed E-state index contributed by atoms with van der Waals surface area (Å²) in [5.74, 6) is 0. The Morgan fingerprint density at radius 2 is 2.12 bits per heavy atom. The molecule has 0 amide bonds. The highest BCUT2D eigenvalue weighted by molar-refractivity contribution is 14.1. The van der Waals surface area contributed by atoms with E-state index in [1.54, 1.807) is 24.3 Å². The normalized spacial score (nSPS) is 9.88. The maximum Gasteiger partial charge on any atom is 0.332 e. The predicted molar refractivity (Wildman–Crippen MR) is 70.1 cm³/mol. The van der Waals surface area contributed by atoms with Gasteiger partial charge in [0.25, 0.3) is 5.56 Å². The molecule has 0 spiro atoms. The Hall–Kier alpha value is -1.88. The third kappa shape index (κ3) is 2.29. The molecule has 2 aromatic rings. The standard InChI is InChI=1S/C11H6IN3O2/c12-8-2-1-3-9(4-8)15-6-7(5-13)10(16)14-11(15)17/h1-4,6H,(H,14,16,17). The number of nitrogens with zero attached hydrogens (tertiary/aromatic N) is 2. The van der Waals surface area contributed by atoms with E-state index >= 15 is 0 Å². The molecular weight excluding hydrogens is 333 g/mol. The van der Waals surface area contributed by atoms with E-state index in [2.05, 4.69) is 27.6 Å². The zero-order valence-corrected chi connectivity index (χ0v) is 10.6. The first-order valence-corrected chi connectivity index (χ1v) is 5.72. The predicted octanol–water partition coefficient (Wildman–Crippen LogP) is 1.00. The quantitative estimate of drug-likeness (QED) is 0.788. The first kappa shape index (κ1) is 11.6. The largest absolute Gasteiger partial charge is 0.332 e. The lowest BCUT2D eigenvalue weighted by Gasteiger charge is -2.05. The number of H-pyrrole nitrogens is 1. The van der Waals surface area contributed by atoms with Crippen LogP contribution in [0.2, 0.25) is 0 Å². The molecule has 0 fully saturated rings. The summed E-state index contributed by atoms with van der Waals surface area (Å²) in [6.07, 6.45) is 1.24. The molecule has 84 valence electrons. The molecule has 0 atom stereocenters. The molecular formula is C11H6IN3O2. The van der Waals surface area contributed by atoms with Crippen LogP contribution < -0.4 is 11.2 Å². The molecule has 0 radical (unpaired) electrons. The van der Waals surface area contributed by atoms with Crippen LogP contribution in [0.5, 0.6) is 0 Å². The second-order valence-electron chi connectivity index (χ2n) is 3.26. The second-order valence-corrected chi connectivity index (χ2v) is 4.51. The molecule has 5 nitrogen and oxygen atoms in total. The van der Waals surface area contributed by atoms with Gasteiger partial charge in [-0.05, 0) is 40.8 Å². The summed E-state index contributed by atoms with van der Waals surface area (Å²) >= 11 is 2.12. The molecule has 6 heteroatoms. The van der Waals surface area contributed by atoms with Gasteiger partial charge in [0, 0.05) is 9.77 Å². The molecule has 17 heavy (non-hydrogen) atoms. The van der Waals surface area contributed by atoms with E-state index in [-0.39, 0.29) is 5.56 Å². The highest BCUT2D eigenvalue weighted by Gasteiger charge is 2.05. The van der Waals surface area contributed by atoms with Gasteiger partial charge in [-0.3, -0.25) is 14.3 Å². The van der Waals surface area contributed by atoms with E-state index in [1.165, 1.54) is 10.8 Å². The zero-order valence-electron chi connectivity index (χ0n) is 8.48. The van der Waals surface area contributed by atoms with Crippen molar-refractivity contribution in [2.45, 2.75) is 0 Å². The van der Waals surface area contributed by atoms with Gasteiger partial charge in [-0.2, -0.15) is 5.26 Å². The van der Waals surface area contributed by atoms with Gasteiger partial charge < -0.3 is 0 Å². The van der Waals surface area contributed by atoms with Crippen LogP contribution in [0.1, 0.15) is 5.56 Å². The van der Waals surface area contributed by atoms with Crippen LogP contribution in [-0.4, -0.2) is 9.55 Å². The van der Waals surface area contributed by atoms with Gasteiger partial charge in [-0.25, -0.2) is 4.79 Å². The lowest BCUT2D eigenvalue weighted by Crippen LogP contribution is -2.30. The Balaban J connectivity index is 2.73. The first-order chi connectivity index (χ1) is 8.11. The molecule has 1 N–H and O–H groups in total. The fourth-order valence-electron chi connectivity index (χ4n) is 1.37. The summed E-state index contributed by atoms with van der Waals surface area (Å²) in [5, 5.41) is 8.75. The van der Waals surface area contributed by atoms with E-state index in [1.807, 2.05) is 6.07 Å². The van der Waals surface area contributed by atoms with Gasteiger partial charge in [-0.1, -0.05) is 6.07 Å². The molecule has 1 heterocycles. The Bertz CT molecular complexity index is 724. The Morgan fingerprint density at radius 3 is 2.76 bits per heavy atom. The Labute approximate surface area is 109 Å². The van der Waals surface area contributed by atoms with Gasteiger partial charge >= 0.3 is 5.69 Å². The van der Waals surface area contributed by atoms with Crippen LogP contribution in [0.4, 0.5) is 0 Å². The smallest absolute Gasteiger partial charge is 0.273 e. The lowest BCUT2D eigenvalue weighted by molar-refractivity contribution is 0.889. The monoisotopic (exact) mass is 339 g/mol. The van der Waals surface area contributed by atoms with E-state index in [9.17, 15) is 9.59 Å². The minimum Gasteiger partial charge on any atom is -0.273 e. The number of hydrogen-bond donors (Lipinski definition) is 1. The summed E-state index contributed by atoms with van der Waals surface area (Å²) in [7, 11) is 0. The number of aromatic nitrogens is 2. The van der Waals surface area contributed by atoms with Gasteiger partial charge in [0.05, 0.1) is 5.69 Å². The summed E-state index contributed by atoms with van der Waals surface area (Å²) in [6.45, 7) is 0. The Kier molecular flexibility index (Phi) is 3.10. The molecule has 0 aliphatic rings. The molecule has 0 aliphatic carbocycles. The van der Waals surface area contributed by atoms with Gasteiger partial charge in [0.1, 0.15) is 11.6 Å². The molecule has 2 rings (SSSR count). The highest BCUT2D eigenvalue weighted by atomic mass is 127. The van der Waals surface area contributed by atoms with Gasteiger partial charge in [0.2, 0.25) is 0 Å². The van der Waals surface area contributed by atoms with Crippen LogP contribution in [0, 0.1) is 14.9 Å². The maximum absolute atomic E-state index is 11.6. The minimum absolute atomic E-state index is 0.0940. The van der Waals surface area contributed by atoms with Crippen molar-refractivity contribution in [2.24, 2.45) is 0 Å². The van der Waals surface area contributed by atoms with Crippen LogP contribution in [-0.2, 0) is 0 Å².